The first-order valence-corrected chi connectivity index (χ1v) is 12.7. The fourth-order valence-corrected chi connectivity index (χ4v) is 4.70. The van der Waals surface area contributed by atoms with Gasteiger partial charge in [-0.05, 0) is 50.6 Å². The second-order valence-electron chi connectivity index (χ2n) is 9.41. The molecule has 4 heterocycles. The molecule has 2 saturated heterocycles. The molecule has 2 fully saturated rings. The van der Waals surface area contributed by atoms with Gasteiger partial charge in [-0.2, -0.15) is 26.3 Å². The van der Waals surface area contributed by atoms with Crippen molar-refractivity contribution in [3.05, 3.63) is 54.5 Å². The Kier molecular flexibility index (Phi) is 12.1. The lowest BCUT2D eigenvalue weighted by atomic mass is 9.75. The molecule has 0 bridgehead atoms. The number of likely N-dealkylation sites (tertiary alicyclic amines) is 1. The Bertz CT molecular complexity index is 1150. The van der Waals surface area contributed by atoms with Crippen LogP contribution in [0.25, 0.3) is 0 Å². The van der Waals surface area contributed by atoms with E-state index in [4.69, 9.17) is 24.5 Å². The van der Waals surface area contributed by atoms with Crippen molar-refractivity contribution in [1.29, 1.82) is 0 Å². The number of nitrogens with zero attached hydrogens (tertiary/aromatic N) is 4. The van der Waals surface area contributed by atoms with E-state index >= 15 is 0 Å². The molecule has 2 aliphatic rings. The van der Waals surface area contributed by atoms with E-state index < -0.39 is 29.7 Å². The van der Waals surface area contributed by atoms with Crippen molar-refractivity contribution in [3.8, 4) is 0 Å². The van der Waals surface area contributed by atoms with Crippen molar-refractivity contribution in [2.45, 2.75) is 38.7 Å². The third kappa shape index (κ3) is 9.85. The number of carbonyl (C=O) groups excluding carboxylic acids is 1. The predicted molar refractivity (Wildman–Crippen MR) is 135 cm³/mol. The fraction of sp³-hybridized carbons (Fsp3) is 0.500. The number of carbonyl (C=O) groups is 3. The first kappa shape index (κ1) is 34.3. The monoisotopic (exact) mass is 608 g/mol. The van der Waals surface area contributed by atoms with Crippen LogP contribution in [-0.2, 0) is 25.7 Å². The van der Waals surface area contributed by atoms with Crippen molar-refractivity contribution < 1.29 is 55.7 Å². The highest BCUT2D eigenvalue weighted by Gasteiger charge is 2.54. The molecule has 2 atom stereocenters. The van der Waals surface area contributed by atoms with Crippen LogP contribution in [0.15, 0.2) is 48.8 Å². The summed E-state index contributed by atoms with van der Waals surface area (Å²) < 4.78 is 69.0. The zero-order valence-corrected chi connectivity index (χ0v) is 22.4. The zero-order valence-electron chi connectivity index (χ0n) is 22.4. The van der Waals surface area contributed by atoms with E-state index in [1.807, 2.05) is 49.6 Å². The van der Waals surface area contributed by atoms with Gasteiger partial charge < -0.3 is 19.8 Å². The maximum absolute atomic E-state index is 13.1. The number of rotatable bonds is 5. The Morgan fingerprint density at radius 3 is 2.00 bits per heavy atom. The molecule has 0 unspecified atom stereocenters. The van der Waals surface area contributed by atoms with Gasteiger partial charge in [-0.15, -0.1) is 0 Å². The number of anilines is 1. The highest BCUT2D eigenvalue weighted by molar-refractivity contribution is 5.79. The summed E-state index contributed by atoms with van der Waals surface area (Å²) in [6, 6.07) is 12.0. The summed E-state index contributed by atoms with van der Waals surface area (Å²) >= 11 is 0. The van der Waals surface area contributed by atoms with Gasteiger partial charge in [-0.3, -0.25) is 14.7 Å². The molecule has 42 heavy (non-hydrogen) atoms. The van der Waals surface area contributed by atoms with Crippen molar-refractivity contribution in [3.63, 3.8) is 0 Å². The summed E-state index contributed by atoms with van der Waals surface area (Å²) in [7, 11) is 0. The first-order chi connectivity index (χ1) is 19.6. The Morgan fingerprint density at radius 2 is 1.52 bits per heavy atom. The van der Waals surface area contributed by atoms with Gasteiger partial charge in [0.15, 0.2) is 0 Å². The number of fused-ring (bicyclic) bond motifs is 1. The Balaban J connectivity index is 0.000000367. The van der Waals surface area contributed by atoms with Crippen LogP contribution < -0.4 is 4.90 Å². The molecule has 0 aromatic carbocycles. The number of alkyl halides is 6. The number of halogens is 6. The third-order valence-electron chi connectivity index (χ3n) is 6.52. The number of hydrogen-bond acceptors (Lipinski definition) is 8. The summed E-state index contributed by atoms with van der Waals surface area (Å²) in [6.07, 6.45) is -4.67. The molecule has 0 radical (unpaired) electrons. The zero-order chi connectivity index (χ0) is 31.6. The van der Waals surface area contributed by atoms with Crippen molar-refractivity contribution in [1.82, 2.24) is 14.9 Å². The Hall–Kier alpha value is -3.95. The molecule has 2 N–H and O–H groups in total. The number of ether oxygens (including phenoxy) is 1. The fourth-order valence-electron chi connectivity index (χ4n) is 4.70. The van der Waals surface area contributed by atoms with Gasteiger partial charge in [0.25, 0.3) is 0 Å². The molecule has 0 aliphatic carbocycles. The largest absolute Gasteiger partial charge is 0.490 e. The smallest absolute Gasteiger partial charge is 0.475 e. The predicted octanol–water partition coefficient (Wildman–Crippen LogP) is 4.02. The van der Waals surface area contributed by atoms with Crippen LogP contribution in [0.3, 0.4) is 0 Å². The van der Waals surface area contributed by atoms with Crippen LogP contribution in [0.2, 0.25) is 0 Å². The average molecular weight is 609 g/mol. The summed E-state index contributed by atoms with van der Waals surface area (Å²) in [4.78, 5) is 44.6. The van der Waals surface area contributed by atoms with E-state index in [9.17, 15) is 31.1 Å². The molecule has 2 aliphatic heterocycles. The van der Waals surface area contributed by atoms with E-state index in [0.29, 0.717) is 13.2 Å². The van der Waals surface area contributed by atoms with Crippen LogP contribution in [0, 0.1) is 11.3 Å². The second-order valence-corrected chi connectivity index (χ2v) is 9.41. The van der Waals surface area contributed by atoms with Gasteiger partial charge in [0.1, 0.15) is 5.82 Å². The normalized spacial score (nSPS) is 20.5. The number of carboxylic acid groups (broad SMARTS) is 2. The summed E-state index contributed by atoms with van der Waals surface area (Å²) in [5, 5.41) is 14.2. The van der Waals surface area contributed by atoms with Crippen LogP contribution in [-0.4, -0.2) is 88.1 Å². The van der Waals surface area contributed by atoms with E-state index in [1.54, 1.807) is 0 Å². The van der Waals surface area contributed by atoms with Gasteiger partial charge in [0.05, 0.1) is 17.7 Å². The molecular formula is C26H30F6N4O6. The van der Waals surface area contributed by atoms with Gasteiger partial charge >= 0.3 is 30.3 Å². The quantitative estimate of drug-likeness (QED) is 0.379. The third-order valence-corrected chi connectivity index (χ3v) is 6.52. The van der Waals surface area contributed by atoms with Crippen molar-refractivity contribution in [2.75, 3.05) is 37.7 Å². The van der Waals surface area contributed by atoms with Gasteiger partial charge in [0, 0.05) is 44.5 Å². The van der Waals surface area contributed by atoms with E-state index in [1.165, 1.54) is 0 Å². The van der Waals surface area contributed by atoms with Crippen LogP contribution in [0.1, 0.15) is 25.5 Å². The summed E-state index contributed by atoms with van der Waals surface area (Å²) in [5.41, 5.74) is 0.623. The van der Waals surface area contributed by atoms with Gasteiger partial charge in [-0.1, -0.05) is 12.1 Å². The number of carboxylic acids is 2. The number of esters is 1. The maximum atomic E-state index is 13.1. The van der Waals surface area contributed by atoms with E-state index in [2.05, 4.69) is 25.8 Å². The molecule has 2 aromatic rings. The van der Waals surface area contributed by atoms with Crippen LogP contribution in [0.4, 0.5) is 32.2 Å². The lowest BCUT2D eigenvalue weighted by Gasteiger charge is -2.31. The summed E-state index contributed by atoms with van der Waals surface area (Å²) in [6.45, 7) is 6.50. The van der Waals surface area contributed by atoms with Crippen molar-refractivity contribution >= 4 is 23.7 Å². The molecule has 232 valence electrons. The number of hydrogen-bond donors (Lipinski definition) is 2. The topological polar surface area (TPSA) is 133 Å². The van der Waals surface area contributed by atoms with Crippen LogP contribution >= 0.6 is 0 Å². The molecule has 2 aromatic heterocycles. The summed E-state index contributed by atoms with van der Waals surface area (Å²) in [5.74, 6) is -4.39. The molecule has 0 amide bonds. The van der Waals surface area contributed by atoms with E-state index in [-0.39, 0.29) is 11.9 Å². The molecule has 16 heteroatoms. The molecular weight excluding hydrogens is 578 g/mol. The van der Waals surface area contributed by atoms with E-state index in [0.717, 1.165) is 50.5 Å². The number of aliphatic carboxylic acids is 2. The average Bonchev–Trinajstić information content (AvgIpc) is 3.19. The molecule has 0 saturated carbocycles. The van der Waals surface area contributed by atoms with Crippen LogP contribution in [0.5, 0.6) is 0 Å². The maximum Gasteiger partial charge on any atom is 0.490 e. The highest BCUT2D eigenvalue weighted by atomic mass is 19.4. The Morgan fingerprint density at radius 1 is 0.952 bits per heavy atom. The minimum absolute atomic E-state index is 0.0434. The minimum Gasteiger partial charge on any atom is -0.475 e. The second kappa shape index (κ2) is 14.8. The number of pyridine rings is 2. The van der Waals surface area contributed by atoms with Gasteiger partial charge in [0.2, 0.25) is 0 Å². The van der Waals surface area contributed by atoms with Gasteiger partial charge in [-0.25, -0.2) is 14.6 Å². The van der Waals surface area contributed by atoms with Crippen molar-refractivity contribution in [2.24, 2.45) is 11.3 Å². The molecule has 4 rings (SSSR count). The highest BCUT2D eigenvalue weighted by Crippen LogP contribution is 2.45. The minimum atomic E-state index is -5.08. The SMILES string of the molecule is CCOC(=O)[C@]12CCCN(Cc3ccccn3)C[C@H]1CN(c1ccccn1)C2.O=C(O)C(F)(F)F.O=C(O)C(F)(F)F. The first-order valence-electron chi connectivity index (χ1n) is 12.7. The molecule has 10 nitrogen and oxygen atoms in total. The molecule has 0 spiro atoms. The standard InChI is InChI=1S/C22H28N4O2.2C2HF3O2/c1-2-28-21(27)22-10-7-13-25(16-19-8-3-5-11-23-19)14-18(22)15-26(17-22)20-9-4-6-12-24-20;2*3-2(4,5)1(6)7/h3-6,8-9,11-12,18H,2,7,10,13-17H2,1H3;2*(H,6,7)/t18-,22-;;/m0../s1. The Labute approximate surface area is 236 Å². The number of aromatic nitrogens is 2. The lowest BCUT2D eigenvalue weighted by Crippen LogP contribution is -2.42. The lowest BCUT2D eigenvalue weighted by molar-refractivity contribution is -0.193.